The molecule has 0 amide bonds. The van der Waals surface area contributed by atoms with Crippen molar-refractivity contribution < 1.29 is 0 Å². The summed E-state index contributed by atoms with van der Waals surface area (Å²) in [5, 5.41) is 12.1. The highest BCUT2D eigenvalue weighted by molar-refractivity contribution is 5.62. The van der Waals surface area contributed by atoms with E-state index in [0.29, 0.717) is 0 Å². The van der Waals surface area contributed by atoms with E-state index in [-0.39, 0.29) is 0 Å². The zero-order chi connectivity index (χ0) is 13.2. The Balaban J connectivity index is 2.20. The van der Waals surface area contributed by atoms with Gasteiger partial charge < -0.3 is 0 Å². The number of rotatable bonds is 2. The Kier molecular flexibility index (Phi) is 2.83. The first-order chi connectivity index (χ1) is 9.27. The summed E-state index contributed by atoms with van der Waals surface area (Å²) >= 11 is 0. The summed E-state index contributed by atoms with van der Waals surface area (Å²) in [6.07, 6.45) is 0. The van der Waals surface area contributed by atoms with Crippen LogP contribution < -0.4 is 0 Å². The summed E-state index contributed by atoms with van der Waals surface area (Å²) in [6.45, 7) is 4.12. The minimum absolute atomic E-state index is 0.771. The van der Waals surface area contributed by atoms with Crippen molar-refractivity contribution in [3.8, 4) is 17.1 Å². The van der Waals surface area contributed by atoms with Crippen molar-refractivity contribution in [3.05, 3.63) is 59.7 Å². The smallest absolute Gasteiger partial charge is 0.187 e. The molecule has 0 fully saturated rings. The summed E-state index contributed by atoms with van der Waals surface area (Å²) < 4.78 is 1.79. The van der Waals surface area contributed by atoms with Gasteiger partial charge in [0.15, 0.2) is 5.82 Å². The topological polar surface area (TPSA) is 43.6 Å². The fourth-order valence-corrected chi connectivity index (χ4v) is 2.14. The maximum Gasteiger partial charge on any atom is 0.187 e. The number of para-hydroxylation sites is 1. The van der Waals surface area contributed by atoms with Gasteiger partial charge in [0.05, 0.1) is 5.69 Å². The van der Waals surface area contributed by atoms with E-state index in [0.717, 1.165) is 28.2 Å². The van der Waals surface area contributed by atoms with E-state index in [1.54, 1.807) is 4.68 Å². The van der Waals surface area contributed by atoms with Gasteiger partial charge in [-0.3, -0.25) is 0 Å². The van der Waals surface area contributed by atoms with E-state index in [4.69, 9.17) is 0 Å². The molecule has 0 bridgehead atoms. The number of aryl methyl sites for hydroxylation is 2. The van der Waals surface area contributed by atoms with Gasteiger partial charge in [0.25, 0.3) is 0 Å². The first-order valence-electron chi connectivity index (χ1n) is 6.18. The molecule has 0 spiro atoms. The maximum absolute atomic E-state index is 4.17. The standard InChI is InChI=1S/C15H14N4/c1-11-7-3-5-9-13(11)15-16-17-18-19(15)14-10-6-4-8-12(14)2/h3-10H,1-2H3. The molecule has 3 aromatic rings. The van der Waals surface area contributed by atoms with Gasteiger partial charge in [-0.05, 0) is 41.5 Å². The third-order valence-corrected chi connectivity index (χ3v) is 3.20. The molecule has 3 rings (SSSR count). The van der Waals surface area contributed by atoms with Crippen LogP contribution >= 0.6 is 0 Å². The normalized spacial score (nSPS) is 10.6. The van der Waals surface area contributed by atoms with Crippen molar-refractivity contribution in [2.45, 2.75) is 13.8 Å². The highest BCUT2D eigenvalue weighted by atomic mass is 15.5. The Hall–Kier alpha value is -2.49. The number of aromatic nitrogens is 4. The molecule has 0 saturated heterocycles. The molecule has 0 unspecified atom stereocenters. The monoisotopic (exact) mass is 250 g/mol. The number of tetrazole rings is 1. The van der Waals surface area contributed by atoms with E-state index in [1.807, 2.05) is 36.4 Å². The van der Waals surface area contributed by atoms with Gasteiger partial charge in [-0.25, -0.2) is 0 Å². The quantitative estimate of drug-likeness (QED) is 0.702. The van der Waals surface area contributed by atoms with Crippen LogP contribution in [0.5, 0.6) is 0 Å². The van der Waals surface area contributed by atoms with Crippen LogP contribution in [0.2, 0.25) is 0 Å². The highest BCUT2D eigenvalue weighted by Crippen LogP contribution is 2.23. The number of hydrogen-bond acceptors (Lipinski definition) is 3. The van der Waals surface area contributed by atoms with E-state index >= 15 is 0 Å². The Morgan fingerprint density at radius 3 is 2.26 bits per heavy atom. The van der Waals surface area contributed by atoms with Crippen molar-refractivity contribution >= 4 is 0 Å². The lowest BCUT2D eigenvalue weighted by molar-refractivity contribution is 0.787. The fourth-order valence-electron chi connectivity index (χ4n) is 2.14. The summed E-state index contributed by atoms with van der Waals surface area (Å²) in [4.78, 5) is 0. The van der Waals surface area contributed by atoms with Crippen LogP contribution in [0.4, 0.5) is 0 Å². The first kappa shape index (κ1) is 11.6. The predicted molar refractivity (Wildman–Crippen MR) is 74.1 cm³/mol. The molecule has 94 valence electrons. The Morgan fingerprint density at radius 1 is 0.842 bits per heavy atom. The number of benzene rings is 2. The lowest BCUT2D eigenvalue weighted by Gasteiger charge is -2.08. The molecule has 4 nitrogen and oxygen atoms in total. The molecule has 2 aromatic carbocycles. The lowest BCUT2D eigenvalue weighted by atomic mass is 10.1. The second-order valence-electron chi connectivity index (χ2n) is 4.52. The van der Waals surface area contributed by atoms with E-state index < -0.39 is 0 Å². The Morgan fingerprint density at radius 2 is 1.53 bits per heavy atom. The molecule has 0 saturated carbocycles. The predicted octanol–water partition coefficient (Wildman–Crippen LogP) is 2.95. The first-order valence-corrected chi connectivity index (χ1v) is 6.18. The number of nitrogens with zero attached hydrogens (tertiary/aromatic N) is 4. The minimum Gasteiger partial charge on any atom is -0.193 e. The average molecular weight is 250 g/mol. The molecule has 0 aliphatic rings. The third kappa shape index (κ3) is 2.01. The zero-order valence-corrected chi connectivity index (χ0v) is 10.9. The molecule has 0 aliphatic heterocycles. The van der Waals surface area contributed by atoms with E-state index in [9.17, 15) is 0 Å². The Bertz CT molecular complexity index is 655. The van der Waals surface area contributed by atoms with Crippen molar-refractivity contribution in [3.63, 3.8) is 0 Å². The van der Waals surface area contributed by atoms with Gasteiger partial charge in [0.1, 0.15) is 0 Å². The van der Waals surface area contributed by atoms with Gasteiger partial charge >= 0.3 is 0 Å². The lowest BCUT2D eigenvalue weighted by Crippen LogP contribution is -2.02. The summed E-state index contributed by atoms with van der Waals surface area (Å²) in [5.74, 6) is 0.771. The fraction of sp³-hybridized carbons (Fsp3) is 0.133. The van der Waals surface area contributed by atoms with Gasteiger partial charge in [-0.1, -0.05) is 42.5 Å². The number of hydrogen-bond donors (Lipinski definition) is 0. The summed E-state index contributed by atoms with van der Waals surface area (Å²) in [7, 11) is 0. The maximum atomic E-state index is 4.17. The van der Waals surface area contributed by atoms with Crippen LogP contribution in [0.1, 0.15) is 11.1 Å². The van der Waals surface area contributed by atoms with Crippen LogP contribution in [-0.2, 0) is 0 Å². The SMILES string of the molecule is Cc1ccccc1-c1nnnn1-c1ccccc1C. The molecule has 19 heavy (non-hydrogen) atoms. The van der Waals surface area contributed by atoms with Crippen LogP contribution in [-0.4, -0.2) is 20.2 Å². The molecule has 0 aliphatic carbocycles. The minimum atomic E-state index is 0.771. The molecule has 1 heterocycles. The van der Waals surface area contributed by atoms with Crippen LogP contribution in [0.15, 0.2) is 48.5 Å². The van der Waals surface area contributed by atoms with Crippen molar-refractivity contribution in [1.29, 1.82) is 0 Å². The molecule has 4 heteroatoms. The molecule has 0 radical (unpaired) electrons. The van der Waals surface area contributed by atoms with Gasteiger partial charge in [0.2, 0.25) is 0 Å². The van der Waals surface area contributed by atoms with Crippen LogP contribution in [0.3, 0.4) is 0 Å². The van der Waals surface area contributed by atoms with Gasteiger partial charge in [-0.15, -0.1) is 5.10 Å². The van der Waals surface area contributed by atoms with Crippen molar-refractivity contribution in [2.75, 3.05) is 0 Å². The highest BCUT2D eigenvalue weighted by Gasteiger charge is 2.13. The molecule has 0 atom stereocenters. The second-order valence-corrected chi connectivity index (χ2v) is 4.52. The van der Waals surface area contributed by atoms with Crippen molar-refractivity contribution in [1.82, 2.24) is 20.2 Å². The third-order valence-electron chi connectivity index (χ3n) is 3.20. The molecular formula is C15H14N4. The van der Waals surface area contributed by atoms with Crippen LogP contribution in [0.25, 0.3) is 17.1 Å². The van der Waals surface area contributed by atoms with Gasteiger partial charge in [0, 0.05) is 5.56 Å². The Labute approximate surface area is 111 Å². The molecule has 0 N–H and O–H groups in total. The molecule has 1 aromatic heterocycles. The summed E-state index contributed by atoms with van der Waals surface area (Å²) in [5.41, 5.74) is 4.36. The van der Waals surface area contributed by atoms with Gasteiger partial charge in [-0.2, -0.15) is 4.68 Å². The largest absolute Gasteiger partial charge is 0.193 e. The van der Waals surface area contributed by atoms with Crippen LogP contribution in [0, 0.1) is 13.8 Å². The average Bonchev–Trinajstić information content (AvgIpc) is 2.89. The van der Waals surface area contributed by atoms with E-state index in [2.05, 4.69) is 41.5 Å². The second kappa shape index (κ2) is 4.65. The zero-order valence-electron chi connectivity index (χ0n) is 10.9. The summed E-state index contributed by atoms with van der Waals surface area (Å²) in [6, 6.07) is 16.2. The molecular weight excluding hydrogens is 236 g/mol. The van der Waals surface area contributed by atoms with Crippen molar-refractivity contribution in [2.24, 2.45) is 0 Å². The van der Waals surface area contributed by atoms with E-state index in [1.165, 1.54) is 0 Å².